The van der Waals surface area contributed by atoms with Crippen molar-refractivity contribution < 1.29 is 19.1 Å². The molecule has 3 N–H and O–H groups in total. The van der Waals surface area contributed by atoms with Gasteiger partial charge in [-0.3, -0.25) is 14.3 Å². The number of anilines is 1. The number of carboxylic acid groups (broad SMARTS) is 1. The first-order valence-electron chi connectivity index (χ1n) is 11.5. The molecule has 2 heterocycles. The van der Waals surface area contributed by atoms with Gasteiger partial charge in [0.1, 0.15) is 11.5 Å². The molecule has 1 atom stereocenters. The van der Waals surface area contributed by atoms with Crippen molar-refractivity contribution in [1.82, 2.24) is 15.1 Å². The molecule has 2 aromatic heterocycles. The SMILES string of the molecule is Cc1nn(C)c(C)c1-c1cc(C(CC(C)C)Nc2ccc(C(=O)NCCC(=O)O)cc2)c(C)o1. The van der Waals surface area contributed by atoms with Crippen molar-refractivity contribution in [3.05, 3.63) is 58.6 Å². The number of aromatic nitrogens is 2. The van der Waals surface area contributed by atoms with Crippen molar-refractivity contribution in [3.8, 4) is 11.3 Å². The third-order valence-corrected chi connectivity index (χ3v) is 5.91. The molecule has 3 rings (SSSR count). The molecule has 0 saturated carbocycles. The number of nitrogens with zero attached hydrogens (tertiary/aromatic N) is 2. The molecule has 8 nitrogen and oxygen atoms in total. The molecule has 0 aliphatic carbocycles. The van der Waals surface area contributed by atoms with Crippen LogP contribution >= 0.6 is 0 Å². The monoisotopic (exact) mass is 466 g/mol. The Morgan fingerprint density at radius 3 is 2.38 bits per heavy atom. The highest BCUT2D eigenvalue weighted by Gasteiger charge is 2.23. The number of furan rings is 1. The lowest BCUT2D eigenvalue weighted by atomic mass is 9.96. The first-order valence-corrected chi connectivity index (χ1v) is 11.5. The van der Waals surface area contributed by atoms with Crippen molar-refractivity contribution >= 4 is 17.6 Å². The predicted molar refractivity (Wildman–Crippen MR) is 132 cm³/mol. The number of rotatable bonds is 10. The van der Waals surface area contributed by atoms with Crippen LogP contribution in [0, 0.1) is 26.7 Å². The van der Waals surface area contributed by atoms with E-state index in [9.17, 15) is 9.59 Å². The zero-order valence-corrected chi connectivity index (χ0v) is 20.7. The number of benzene rings is 1. The van der Waals surface area contributed by atoms with E-state index in [-0.39, 0.29) is 24.9 Å². The molecular weight excluding hydrogens is 432 g/mol. The van der Waals surface area contributed by atoms with Crippen molar-refractivity contribution in [2.24, 2.45) is 13.0 Å². The number of amides is 1. The predicted octanol–water partition coefficient (Wildman–Crippen LogP) is 5.01. The summed E-state index contributed by atoms with van der Waals surface area (Å²) >= 11 is 0. The summed E-state index contributed by atoms with van der Waals surface area (Å²) < 4.78 is 8.06. The highest BCUT2D eigenvalue weighted by molar-refractivity contribution is 5.94. The molecular formula is C26H34N4O4. The van der Waals surface area contributed by atoms with Gasteiger partial charge in [-0.05, 0) is 63.4 Å². The summed E-state index contributed by atoms with van der Waals surface area (Å²) in [6.07, 6.45) is 0.800. The molecule has 3 aromatic rings. The van der Waals surface area contributed by atoms with Crippen LogP contribution in [0.1, 0.15) is 65.8 Å². The first-order chi connectivity index (χ1) is 16.1. The molecule has 0 fully saturated rings. The van der Waals surface area contributed by atoms with Gasteiger partial charge < -0.3 is 20.2 Å². The molecule has 34 heavy (non-hydrogen) atoms. The quantitative estimate of drug-likeness (QED) is 0.388. The highest BCUT2D eigenvalue weighted by atomic mass is 16.4. The van der Waals surface area contributed by atoms with Crippen LogP contribution in [0.4, 0.5) is 5.69 Å². The number of carbonyl (C=O) groups excluding carboxylic acids is 1. The zero-order chi connectivity index (χ0) is 25.0. The second kappa shape index (κ2) is 10.6. The van der Waals surface area contributed by atoms with Crippen molar-refractivity contribution in [1.29, 1.82) is 0 Å². The van der Waals surface area contributed by atoms with Gasteiger partial charge in [0.25, 0.3) is 5.91 Å². The normalized spacial score (nSPS) is 12.1. The summed E-state index contributed by atoms with van der Waals surface area (Å²) in [7, 11) is 1.93. The number of hydrogen-bond donors (Lipinski definition) is 3. The zero-order valence-electron chi connectivity index (χ0n) is 20.7. The van der Waals surface area contributed by atoms with Crippen LogP contribution in [0.3, 0.4) is 0 Å². The minimum absolute atomic E-state index is 0.0324. The van der Waals surface area contributed by atoms with Gasteiger partial charge in [-0.15, -0.1) is 0 Å². The van der Waals surface area contributed by atoms with Gasteiger partial charge in [0, 0.05) is 36.1 Å². The second-order valence-corrected chi connectivity index (χ2v) is 9.10. The van der Waals surface area contributed by atoms with Crippen molar-refractivity contribution in [2.75, 3.05) is 11.9 Å². The lowest BCUT2D eigenvalue weighted by molar-refractivity contribution is -0.136. The fourth-order valence-corrected chi connectivity index (χ4v) is 4.13. The molecule has 0 spiro atoms. The number of nitrogens with one attached hydrogen (secondary N) is 2. The summed E-state index contributed by atoms with van der Waals surface area (Å²) in [4.78, 5) is 22.8. The van der Waals surface area contributed by atoms with Crippen LogP contribution in [-0.4, -0.2) is 33.3 Å². The van der Waals surface area contributed by atoms with E-state index < -0.39 is 5.97 Å². The summed E-state index contributed by atoms with van der Waals surface area (Å²) in [5.41, 5.74) is 5.50. The fourth-order valence-electron chi connectivity index (χ4n) is 4.13. The van der Waals surface area contributed by atoms with E-state index in [0.717, 1.165) is 46.1 Å². The van der Waals surface area contributed by atoms with Crippen molar-refractivity contribution in [2.45, 2.75) is 53.5 Å². The van der Waals surface area contributed by atoms with Crippen LogP contribution in [0.5, 0.6) is 0 Å². The average Bonchev–Trinajstić information content (AvgIpc) is 3.25. The Morgan fingerprint density at radius 1 is 1.15 bits per heavy atom. The van der Waals surface area contributed by atoms with Crippen LogP contribution in [0.25, 0.3) is 11.3 Å². The summed E-state index contributed by atoms with van der Waals surface area (Å²) in [6, 6.07) is 9.35. The minimum Gasteiger partial charge on any atom is -0.481 e. The maximum atomic E-state index is 12.2. The maximum absolute atomic E-state index is 12.2. The minimum atomic E-state index is -0.942. The molecule has 0 saturated heterocycles. The lowest BCUT2D eigenvalue weighted by Crippen LogP contribution is -2.25. The molecule has 8 heteroatoms. The smallest absolute Gasteiger partial charge is 0.305 e. The molecule has 182 valence electrons. The molecule has 1 unspecified atom stereocenters. The topological polar surface area (TPSA) is 109 Å². The Morgan fingerprint density at radius 2 is 1.82 bits per heavy atom. The highest BCUT2D eigenvalue weighted by Crippen LogP contribution is 2.36. The number of hydrogen-bond acceptors (Lipinski definition) is 5. The molecule has 1 aromatic carbocycles. The molecule has 0 bridgehead atoms. The van der Waals surface area contributed by atoms with Crippen LogP contribution < -0.4 is 10.6 Å². The summed E-state index contributed by atoms with van der Waals surface area (Å²) in [5, 5.41) is 19.5. The van der Waals surface area contributed by atoms with E-state index >= 15 is 0 Å². The largest absolute Gasteiger partial charge is 0.481 e. The van der Waals surface area contributed by atoms with Gasteiger partial charge >= 0.3 is 5.97 Å². The molecule has 0 aliphatic heterocycles. The number of carbonyl (C=O) groups is 2. The van der Waals surface area contributed by atoms with Gasteiger partial charge in [0.2, 0.25) is 0 Å². The molecule has 0 aliphatic rings. The van der Waals surface area contributed by atoms with Crippen LogP contribution in [-0.2, 0) is 11.8 Å². The number of aliphatic carboxylic acids is 1. The third-order valence-electron chi connectivity index (χ3n) is 5.91. The Balaban J connectivity index is 1.80. The van der Waals surface area contributed by atoms with Gasteiger partial charge in [0.15, 0.2) is 0 Å². The van der Waals surface area contributed by atoms with E-state index in [1.54, 1.807) is 12.1 Å². The second-order valence-electron chi connectivity index (χ2n) is 9.10. The Kier molecular flexibility index (Phi) is 7.81. The Bertz CT molecular complexity index is 1160. The average molecular weight is 467 g/mol. The molecule has 0 radical (unpaired) electrons. The number of carboxylic acids is 1. The fraction of sp³-hybridized carbons (Fsp3) is 0.423. The number of aryl methyl sites for hydroxylation is 3. The van der Waals surface area contributed by atoms with E-state index in [0.29, 0.717) is 11.5 Å². The van der Waals surface area contributed by atoms with Crippen LogP contribution in [0.2, 0.25) is 0 Å². The Labute approximate surface area is 200 Å². The molecule has 1 amide bonds. The van der Waals surface area contributed by atoms with E-state index in [1.807, 2.05) is 44.6 Å². The third kappa shape index (κ3) is 5.87. The summed E-state index contributed by atoms with van der Waals surface area (Å²) in [5.74, 6) is 0.910. The van der Waals surface area contributed by atoms with Gasteiger partial charge in [0.05, 0.1) is 23.7 Å². The van der Waals surface area contributed by atoms with E-state index in [2.05, 4.69) is 35.6 Å². The van der Waals surface area contributed by atoms with Crippen molar-refractivity contribution in [3.63, 3.8) is 0 Å². The van der Waals surface area contributed by atoms with Gasteiger partial charge in [-0.2, -0.15) is 5.10 Å². The summed E-state index contributed by atoms with van der Waals surface area (Å²) in [6.45, 7) is 10.5. The van der Waals surface area contributed by atoms with Gasteiger partial charge in [-0.1, -0.05) is 13.8 Å². The van der Waals surface area contributed by atoms with E-state index in [4.69, 9.17) is 9.52 Å². The lowest BCUT2D eigenvalue weighted by Gasteiger charge is -2.21. The maximum Gasteiger partial charge on any atom is 0.305 e. The van der Waals surface area contributed by atoms with Crippen LogP contribution in [0.15, 0.2) is 34.7 Å². The standard InChI is InChI=1S/C26H34N4O4/c1-15(2)13-22(21-14-23(34-18(21)5)25-16(3)29-30(6)17(25)4)28-20-9-7-19(8-10-20)26(33)27-12-11-24(31)32/h7-10,14-15,22,28H,11-13H2,1-6H3,(H,27,33)(H,31,32). The Hall–Kier alpha value is -3.55. The van der Waals surface area contributed by atoms with Gasteiger partial charge in [-0.25, -0.2) is 0 Å². The first kappa shape index (κ1) is 25.1. The van der Waals surface area contributed by atoms with E-state index in [1.165, 1.54) is 0 Å².